The summed E-state index contributed by atoms with van der Waals surface area (Å²) in [7, 11) is 0. The zero-order valence-electron chi connectivity index (χ0n) is 9.18. The third-order valence-corrected chi connectivity index (χ3v) is 2.01. The fourth-order valence-corrected chi connectivity index (χ4v) is 1.33. The van der Waals surface area contributed by atoms with E-state index in [4.69, 9.17) is 11.6 Å². The number of ether oxygens (including phenoxy) is 1. The molecule has 1 aromatic heterocycles. The maximum Gasteiger partial charge on any atom is 0.348 e. The van der Waals surface area contributed by atoms with Gasteiger partial charge < -0.3 is 4.74 Å². The maximum atomic E-state index is 11.4. The summed E-state index contributed by atoms with van der Waals surface area (Å²) >= 11 is 5.63. The van der Waals surface area contributed by atoms with Gasteiger partial charge in [-0.3, -0.25) is 14.2 Å². The van der Waals surface area contributed by atoms with Crippen LogP contribution in [0.4, 0.5) is 0 Å². The Balaban J connectivity index is 2.65. The van der Waals surface area contributed by atoms with Crippen LogP contribution in [-0.4, -0.2) is 27.9 Å². The topological polar surface area (TPSA) is 78.3 Å². The van der Waals surface area contributed by atoms with E-state index in [0.29, 0.717) is 0 Å². The van der Waals surface area contributed by atoms with Crippen LogP contribution in [-0.2, 0) is 20.9 Å². The molecule has 0 aliphatic heterocycles. The van der Waals surface area contributed by atoms with Crippen molar-refractivity contribution < 1.29 is 14.3 Å². The molecule has 0 radical (unpaired) electrons. The van der Waals surface area contributed by atoms with Crippen molar-refractivity contribution in [1.29, 1.82) is 0 Å². The quantitative estimate of drug-likeness (QED) is 0.565. The van der Waals surface area contributed by atoms with Crippen LogP contribution in [0.5, 0.6) is 0 Å². The zero-order valence-corrected chi connectivity index (χ0v) is 9.94. The van der Waals surface area contributed by atoms with E-state index in [9.17, 15) is 14.4 Å². The SMILES string of the molecule is CCOC(=O)CC(=O)Cn1cc(Cl)cnc1=O. The lowest BCUT2D eigenvalue weighted by molar-refractivity contribution is -0.145. The molecule has 0 saturated heterocycles. The van der Waals surface area contributed by atoms with Gasteiger partial charge in [0, 0.05) is 6.20 Å². The number of hydrogen-bond donors (Lipinski definition) is 0. The number of Topliss-reactive ketones (excluding diaryl/α,β-unsaturated/α-hetero) is 1. The number of rotatable bonds is 5. The van der Waals surface area contributed by atoms with E-state index in [1.165, 1.54) is 12.4 Å². The molecule has 1 aromatic rings. The molecule has 0 aromatic carbocycles. The van der Waals surface area contributed by atoms with Gasteiger partial charge in [-0.05, 0) is 6.92 Å². The van der Waals surface area contributed by atoms with Crippen molar-refractivity contribution in [3.05, 3.63) is 27.9 Å². The minimum atomic E-state index is -0.611. The second-order valence-corrected chi connectivity index (χ2v) is 3.64. The third kappa shape index (κ3) is 4.36. The van der Waals surface area contributed by atoms with Crippen molar-refractivity contribution in [2.24, 2.45) is 0 Å². The molecule has 17 heavy (non-hydrogen) atoms. The lowest BCUT2D eigenvalue weighted by Gasteiger charge is -2.04. The van der Waals surface area contributed by atoms with Crippen LogP contribution in [0.15, 0.2) is 17.2 Å². The van der Waals surface area contributed by atoms with Gasteiger partial charge in [-0.2, -0.15) is 0 Å². The van der Waals surface area contributed by atoms with Crippen molar-refractivity contribution in [3.8, 4) is 0 Å². The largest absolute Gasteiger partial charge is 0.466 e. The molecule has 0 aliphatic carbocycles. The summed E-state index contributed by atoms with van der Waals surface area (Å²) in [6, 6.07) is 0. The lowest BCUT2D eigenvalue weighted by Crippen LogP contribution is -2.26. The minimum absolute atomic E-state index is 0.213. The molecular weight excluding hydrogens is 248 g/mol. The van der Waals surface area contributed by atoms with E-state index in [-0.39, 0.29) is 24.6 Å². The van der Waals surface area contributed by atoms with E-state index in [1.807, 2.05) is 0 Å². The average molecular weight is 259 g/mol. The number of carbonyl (C=O) groups is 2. The van der Waals surface area contributed by atoms with Gasteiger partial charge in [0.1, 0.15) is 6.42 Å². The van der Waals surface area contributed by atoms with E-state index in [2.05, 4.69) is 9.72 Å². The van der Waals surface area contributed by atoms with Gasteiger partial charge in [0.05, 0.1) is 24.4 Å². The van der Waals surface area contributed by atoms with Gasteiger partial charge in [0.15, 0.2) is 5.78 Å². The van der Waals surface area contributed by atoms with Crippen molar-refractivity contribution in [2.45, 2.75) is 19.9 Å². The number of hydrogen-bond acceptors (Lipinski definition) is 5. The molecule has 0 amide bonds. The number of esters is 1. The van der Waals surface area contributed by atoms with Gasteiger partial charge in [-0.25, -0.2) is 9.78 Å². The first kappa shape index (κ1) is 13.4. The van der Waals surface area contributed by atoms with E-state index < -0.39 is 17.4 Å². The van der Waals surface area contributed by atoms with E-state index >= 15 is 0 Å². The Hall–Kier alpha value is -1.69. The normalized spacial score (nSPS) is 10.0. The van der Waals surface area contributed by atoms with Gasteiger partial charge >= 0.3 is 11.7 Å². The van der Waals surface area contributed by atoms with Crippen LogP contribution in [0.3, 0.4) is 0 Å². The summed E-state index contributed by atoms with van der Waals surface area (Å²) in [6.07, 6.45) is 2.11. The number of aromatic nitrogens is 2. The summed E-state index contributed by atoms with van der Waals surface area (Å²) < 4.78 is 5.66. The van der Waals surface area contributed by atoms with E-state index in [0.717, 1.165) is 4.57 Å². The molecule has 1 heterocycles. The third-order valence-electron chi connectivity index (χ3n) is 1.82. The van der Waals surface area contributed by atoms with Crippen molar-refractivity contribution in [3.63, 3.8) is 0 Å². The summed E-state index contributed by atoms with van der Waals surface area (Å²) in [5.41, 5.74) is -0.591. The first-order valence-electron chi connectivity index (χ1n) is 4.92. The molecule has 0 unspecified atom stereocenters. The maximum absolute atomic E-state index is 11.4. The Morgan fingerprint density at radius 3 is 2.88 bits per heavy atom. The molecule has 0 spiro atoms. The molecule has 0 saturated carbocycles. The highest BCUT2D eigenvalue weighted by Crippen LogP contribution is 2.01. The molecule has 7 heteroatoms. The van der Waals surface area contributed by atoms with Gasteiger partial charge in [0.2, 0.25) is 0 Å². The molecular formula is C10H11ClN2O4. The number of nitrogens with zero attached hydrogens (tertiary/aromatic N) is 2. The lowest BCUT2D eigenvalue weighted by atomic mass is 10.3. The van der Waals surface area contributed by atoms with Crippen LogP contribution in [0.2, 0.25) is 5.02 Å². The van der Waals surface area contributed by atoms with Crippen molar-refractivity contribution in [2.75, 3.05) is 6.61 Å². The summed E-state index contributed by atoms with van der Waals surface area (Å²) in [6.45, 7) is 1.61. The highest BCUT2D eigenvalue weighted by Gasteiger charge is 2.11. The average Bonchev–Trinajstić information content (AvgIpc) is 2.23. The molecule has 92 valence electrons. The highest BCUT2D eigenvalue weighted by molar-refractivity contribution is 6.30. The van der Waals surface area contributed by atoms with Crippen LogP contribution < -0.4 is 5.69 Å². The molecule has 1 rings (SSSR count). The number of ketones is 1. The minimum Gasteiger partial charge on any atom is -0.466 e. The van der Waals surface area contributed by atoms with Gasteiger partial charge in [-0.1, -0.05) is 11.6 Å². The Bertz CT molecular complexity index is 483. The Kier molecular flexibility index (Phi) is 4.84. The van der Waals surface area contributed by atoms with Crippen LogP contribution in [0.1, 0.15) is 13.3 Å². The Morgan fingerprint density at radius 2 is 2.24 bits per heavy atom. The summed E-state index contributed by atoms with van der Waals surface area (Å²) in [5, 5.41) is 0.244. The molecule has 0 aliphatic rings. The van der Waals surface area contributed by atoms with Crippen molar-refractivity contribution >= 4 is 23.4 Å². The van der Waals surface area contributed by atoms with Crippen molar-refractivity contribution in [1.82, 2.24) is 9.55 Å². The molecule has 0 atom stereocenters. The van der Waals surface area contributed by atoms with E-state index in [1.54, 1.807) is 6.92 Å². The second-order valence-electron chi connectivity index (χ2n) is 3.20. The second kappa shape index (κ2) is 6.15. The fourth-order valence-electron chi connectivity index (χ4n) is 1.16. The van der Waals surface area contributed by atoms with Gasteiger partial charge in [0.25, 0.3) is 0 Å². The van der Waals surface area contributed by atoms with Crippen LogP contribution >= 0.6 is 11.6 Å². The Labute approximate surface area is 102 Å². The smallest absolute Gasteiger partial charge is 0.348 e. The standard InChI is InChI=1S/C10H11ClN2O4/c1-2-17-9(15)3-8(14)6-13-5-7(11)4-12-10(13)16/h4-5H,2-3,6H2,1H3. The first-order chi connectivity index (χ1) is 8.02. The fraction of sp³-hybridized carbons (Fsp3) is 0.400. The first-order valence-corrected chi connectivity index (χ1v) is 5.30. The Morgan fingerprint density at radius 1 is 1.53 bits per heavy atom. The number of carbonyl (C=O) groups excluding carboxylic acids is 2. The van der Waals surface area contributed by atoms with Crippen LogP contribution in [0.25, 0.3) is 0 Å². The van der Waals surface area contributed by atoms with Gasteiger partial charge in [-0.15, -0.1) is 0 Å². The monoisotopic (exact) mass is 258 g/mol. The predicted octanol–water partition coefficient (Wildman–Crippen LogP) is 0.419. The highest BCUT2D eigenvalue weighted by atomic mass is 35.5. The molecule has 0 fully saturated rings. The summed E-state index contributed by atoms with van der Waals surface area (Å²) in [4.78, 5) is 37.2. The zero-order chi connectivity index (χ0) is 12.8. The summed E-state index contributed by atoms with van der Waals surface area (Å²) in [5.74, 6) is -1.05. The molecule has 6 nitrogen and oxygen atoms in total. The molecule has 0 bridgehead atoms. The van der Waals surface area contributed by atoms with Crippen LogP contribution in [0, 0.1) is 0 Å². The molecule has 0 N–H and O–H groups in total. The number of halogens is 1. The predicted molar refractivity (Wildman–Crippen MR) is 59.8 cm³/mol.